The van der Waals surface area contributed by atoms with Crippen molar-refractivity contribution in [1.82, 2.24) is 0 Å². The summed E-state index contributed by atoms with van der Waals surface area (Å²) in [4.78, 5) is 11.0. The molecule has 1 heteroatoms. The standard InChI is InChI=1S/C8H12O/c1-5-6-2-3-7(5)8(9)4-6/h5-7H,2-4H2,1H3/t5-,6-,7-/m1/s1. The zero-order valence-corrected chi connectivity index (χ0v) is 5.76. The molecule has 0 N–H and O–H groups in total. The first-order valence-corrected chi connectivity index (χ1v) is 3.82. The molecule has 2 saturated carbocycles. The molecule has 0 saturated heterocycles. The monoisotopic (exact) mass is 124 g/mol. The molecule has 0 spiro atoms. The van der Waals surface area contributed by atoms with E-state index in [1.807, 2.05) is 0 Å². The Balaban J connectivity index is 2.26. The van der Waals surface area contributed by atoms with Crippen LogP contribution in [0.4, 0.5) is 0 Å². The minimum Gasteiger partial charge on any atom is -0.299 e. The molecule has 2 aliphatic carbocycles. The molecule has 0 aromatic rings. The summed E-state index contributed by atoms with van der Waals surface area (Å²) in [5, 5.41) is 0. The average Bonchev–Trinajstić information content (AvgIpc) is 2.25. The average molecular weight is 124 g/mol. The topological polar surface area (TPSA) is 17.1 Å². The Labute approximate surface area is 55.4 Å². The number of ketones is 1. The molecule has 50 valence electrons. The molecule has 2 fully saturated rings. The van der Waals surface area contributed by atoms with Crippen LogP contribution in [0.3, 0.4) is 0 Å². The summed E-state index contributed by atoms with van der Waals surface area (Å²) in [5.41, 5.74) is 0. The Bertz CT molecular complexity index is 151. The SMILES string of the molecule is C[C@@H]1[C@@H]2CC[C@H]1C(=O)C2. The normalized spacial score (nSPS) is 48.6. The molecule has 0 unspecified atom stereocenters. The Kier molecular flexibility index (Phi) is 0.961. The number of carbonyl (C=O) groups is 1. The number of carbonyl (C=O) groups excluding carboxylic acids is 1. The Morgan fingerprint density at radius 2 is 2.22 bits per heavy atom. The predicted molar refractivity (Wildman–Crippen MR) is 35.0 cm³/mol. The summed E-state index contributed by atoms with van der Waals surface area (Å²) in [6.45, 7) is 2.23. The van der Waals surface area contributed by atoms with Crippen molar-refractivity contribution in [2.24, 2.45) is 17.8 Å². The van der Waals surface area contributed by atoms with Crippen molar-refractivity contribution < 1.29 is 4.79 Å². The molecule has 0 amide bonds. The van der Waals surface area contributed by atoms with E-state index < -0.39 is 0 Å². The molecule has 1 nitrogen and oxygen atoms in total. The number of hydrogen-bond donors (Lipinski definition) is 0. The highest BCUT2D eigenvalue weighted by molar-refractivity contribution is 5.84. The van der Waals surface area contributed by atoms with Crippen molar-refractivity contribution in [1.29, 1.82) is 0 Å². The van der Waals surface area contributed by atoms with E-state index >= 15 is 0 Å². The minimum absolute atomic E-state index is 0.468. The Hall–Kier alpha value is -0.330. The summed E-state index contributed by atoms with van der Waals surface area (Å²) < 4.78 is 0. The third-order valence-corrected chi connectivity index (χ3v) is 3.10. The van der Waals surface area contributed by atoms with E-state index in [0.717, 1.165) is 18.3 Å². The quantitative estimate of drug-likeness (QED) is 0.479. The van der Waals surface area contributed by atoms with Crippen LogP contribution in [0.2, 0.25) is 0 Å². The summed E-state index contributed by atoms with van der Waals surface area (Å²) >= 11 is 0. The lowest BCUT2D eigenvalue weighted by Gasteiger charge is -2.04. The van der Waals surface area contributed by atoms with Crippen LogP contribution in [-0.2, 0) is 4.79 Å². The maximum Gasteiger partial charge on any atom is 0.136 e. The summed E-state index contributed by atoms with van der Waals surface area (Å²) in [6.07, 6.45) is 3.40. The molecule has 2 rings (SSSR count). The Morgan fingerprint density at radius 1 is 1.44 bits per heavy atom. The van der Waals surface area contributed by atoms with Crippen molar-refractivity contribution in [2.75, 3.05) is 0 Å². The number of hydrogen-bond acceptors (Lipinski definition) is 1. The van der Waals surface area contributed by atoms with Crippen LogP contribution in [0.15, 0.2) is 0 Å². The van der Waals surface area contributed by atoms with Crippen LogP contribution in [0.25, 0.3) is 0 Å². The third-order valence-electron chi connectivity index (χ3n) is 3.10. The number of Topliss-reactive ketones (excluding diaryl/α,β-unsaturated/α-hetero) is 1. The van der Waals surface area contributed by atoms with Crippen LogP contribution in [0.1, 0.15) is 26.2 Å². The van der Waals surface area contributed by atoms with Crippen molar-refractivity contribution >= 4 is 5.78 Å². The first kappa shape index (κ1) is 5.45. The lowest BCUT2D eigenvalue weighted by Crippen LogP contribution is -2.09. The fraction of sp³-hybridized carbons (Fsp3) is 0.875. The van der Waals surface area contributed by atoms with E-state index in [-0.39, 0.29) is 0 Å². The van der Waals surface area contributed by atoms with Gasteiger partial charge in [-0.2, -0.15) is 0 Å². The minimum atomic E-state index is 0.468. The van der Waals surface area contributed by atoms with Crippen LogP contribution >= 0.6 is 0 Å². The first-order chi connectivity index (χ1) is 4.29. The van der Waals surface area contributed by atoms with Crippen molar-refractivity contribution in [3.8, 4) is 0 Å². The number of rotatable bonds is 0. The number of fused-ring (bicyclic) bond motifs is 2. The van der Waals surface area contributed by atoms with Gasteiger partial charge < -0.3 is 0 Å². The zero-order valence-electron chi connectivity index (χ0n) is 5.76. The van der Waals surface area contributed by atoms with Crippen molar-refractivity contribution in [3.05, 3.63) is 0 Å². The second-order valence-electron chi connectivity index (χ2n) is 3.47. The Morgan fingerprint density at radius 3 is 2.44 bits per heavy atom. The van der Waals surface area contributed by atoms with Gasteiger partial charge in [0.2, 0.25) is 0 Å². The second-order valence-corrected chi connectivity index (χ2v) is 3.47. The van der Waals surface area contributed by atoms with Gasteiger partial charge in [-0.1, -0.05) is 6.92 Å². The highest BCUT2D eigenvalue weighted by atomic mass is 16.1. The molecular weight excluding hydrogens is 112 g/mol. The van der Waals surface area contributed by atoms with Gasteiger partial charge in [0.25, 0.3) is 0 Å². The summed E-state index contributed by atoms with van der Waals surface area (Å²) in [7, 11) is 0. The van der Waals surface area contributed by atoms with E-state index in [1.54, 1.807) is 0 Å². The van der Waals surface area contributed by atoms with Gasteiger partial charge >= 0.3 is 0 Å². The smallest absolute Gasteiger partial charge is 0.136 e. The summed E-state index contributed by atoms with van der Waals surface area (Å²) in [5.74, 6) is 2.49. The second kappa shape index (κ2) is 1.59. The first-order valence-electron chi connectivity index (χ1n) is 3.82. The van der Waals surface area contributed by atoms with Crippen molar-refractivity contribution in [2.45, 2.75) is 26.2 Å². The molecule has 3 atom stereocenters. The van der Waals surface area contributed by atoms with Gasteiger partial charge in [0.1, 0.15) is 5.78 Å². The van der Waals surface area contributed by atoms with Gasteiger partial charge in [-0.05, 0) is 24.7 Å². The van der Waals surface area contributed by atoms with E-state index in [2.05, 4.69) is 6.92 Å². The highest BCUT2D eigenvalue weighted by Crippen LogP contribution is 2.46. The molecule has 0 heterocycles. The lowest BCUT2D eigenvalue weighted by atomic mass is 10.00. The van der Waals surface area contributed by atoms with Gasteiger partial charge in [-0.25, -0.2) is 0 Å². The highest BCUT2D eigenvalue weighted by Gasteiger charge is 2.44. The van der Waals surface area contributed by atoms with Gasteiger partial charge in [0, 0.05) is 12.3 Å². The van der Waals surface area contributed by atoms with Gasteiger partial charge in [0.05, 0.1) is 0 Å². The lowest BCUT2D eigenvalue weighted by molar-refractivity contribution is -0.122. The van der Waals surface area contributed by atoms with Gasteiger partial charge in [-0.15, -0.1) is 0 Å². The van der Waals surface area contributed by atoms with Crippen LogP contribution in [0, 0.1) is 17.8 Å². The van der Waals surface area contributed by atoms with E-state index in [1.165, 1.54) is 12.8 Å². The van der Waals surface area contributed by atoms with E-state index in [9.17, 15) is 4.79 Å². The molecule has 0 aromatic heterocycles. The van der Waals surface area contributed by atoms with Crippen molar-refractivity contribution in [3.63, 3.8) is 0 Å². The fourth-order valence-electron chi connectivity index (χ4n) is 2.40. The molecule has 2 bridgehead atoms. The molecule has 0 radical (unpaired) electrons. The largest absolute Gasteiger partial charge is 0.299 e. The van der Waals surface area contributed by atoms with Crippen LogP contribution < -0.4 is 0 Å². The van der Waals surface area contributed by atoms with Gasteiger partial charge in [0.15, 0.2) is 0 Å². The predicted octanol–water partition coefficient (Wildman–Crippen LogP) is 1.62. The van der Waals surface area contributed by atoms with E-state index in [0.29, 0.717) is 11.7 Å². The molecular formula is C8H12O. The zero-order chi connectivity index (χ0) is 6.43. The van der Waals surface area contributed by atoms with Gasteiger partial charge in [-0.3, -0.25) is 4.79 Å². The third kappa shape index (κ3) is 0.577. The molecule has 0 aromatic carbocycles. The maximum atomic E-state index is 11.0. The maximum absolute atomic E-state index is 11.0. The fourth-order valence-corrected chi connectivity index (χ4v) is 2.40. The molecule has 9 heavy (non-hydrogen) atoms. The molecule has 2 aliphatic rings. The van der Waals surface area contributed by atoms with E-state index in [4.69, 9.17) is 0 Å². The van der Waals surface area contributed by atoms with Crippen LogP contribution in [-0.4, -0.2) is 5.78 Å². The molecule has 0 aliphatic heterocycles. The van der Waals surface area contributed by atoms with Crippen LogP contribution in [0.5, 0.6) is 0 Å². The summed E-state index contributed by atoms with van der Waals surface area (Å²) in [6, 6.07) is 0.